The predicted molar refractivity (Wildman–Crippen MR) is 103 cm³/mol. The lowest BCUT2D eigenvalue weighted by molar-refractivity contribution is -0.128. The molecule has 1 aromatic heterocycles. The maximum absolute atomic E-state index is 12.5. The monoisotopic (exact) mass is 361 g/mol. The van der Waals surface area contributed by atoms with Gasteiger partial charge in [-0.25, -0.2) is 0 Å². The van der Waals surface area contributed by atoms with Crippen LogP contribution >= 0.6 is 0 Å². The molecule has 1 saturated heterocycles. The fourth-order valence-corrected chi connectivity index (χ4v) is 3.53. The Morgan fingerprint density at radius 2 is 1.85 bits per heavy atom. The molecule has 0 aliphatic carbocycles. The van der Waals surface area contributed by atoms with Gasteiger partial charge in [-0.15, -0.1) is 0 Å². The lowest BCUT2D eigenvalue weighted by Gasteiger charge is -2.16. The first kappa shape index (κ1) is 17.5. The molecular weight excluding hydrogens is 338 g/mol. The van der Waals surface area contributed by atoms with Gasteiger partial charge in [-0.1, -0.05) is 60.6 Å². The van der Waals surface area contributed by atoms with E-state index in [2.05, 4.69) is 41.3 Å². The van der Waals surface area contributed by atoms with Crippen LogP contribution in [-0.2, 0) is 17.8 Å². The lowest BCUT2D eigenvalue weighted by atomic mass is 10.1. The molecule has 1 aliphatic rings. The van der Waals surface area contributed by atoms with E-state index in [1.807, 2.05) is 36.1 Å². The maximum Gasteiger partial charge on any atom is 0.232 e. The van der Waals surface area contributed by atoms with Crippen molar-refractivity contribution in [2.24, 2.45) is 0 Å². The van der Waals surface area contributed by atoms with Crippen LogP contribution in [0.4, 0.5) is 0 Å². The number of aromatic nitrogens is 2. The third-order valence-corrected chi connectivity index (χ3v) is 5.20. The van der Waals surface area contributed by atoms with Gasteiger partial charge in [0, 0.05) is 25.1 Å². The molecule has 2 aromatic carbocycles. The molecular formula is C22H23N3O2. The van der Waals surface area contributed by atoms with Crippen molar-refractivity contribution in [3.63, 3.8) is 0 Å². The molecule has 1 aliphatic heterocycles. The largest absolute Gasteiger partial charge is 0.339 e. The Morgan fingerprint density at radius 1 is 1.11 bits per heavy atom. The van der Waals surface area contributed by atoms with E-state index >= 15 is 0 Å². The van der Waals surface area contributed by atoms with Crippen molar-refractivity contribution >= 4 is 5.91 Å². The third-order valence-electron chi connectivity index (χ3n) is 5.20. The van der Waals surface area contributed by atoms with Crippen molar-refractivity contribution in [3.8, 4) is 11.4 Å². The first-order valence-electron chi connectivity index (χ1n) is 9.39. The van der Waals surface area contributed by atoms with Gasteiger partial charge in [0.15, 0.2) is 0 Å². The molecule has 3 aromatic rings. The van der Waals surface area contributed by atoms with E-state index in [0.717, 1.165) is 23.1 Å². The summed E-state index contributed by atoms with van der Waals surface area (Å²) < 4.78 is 5.50. The number of hydrogen-bond acceptors (Lipinski definition) is 4. The zero-order valence-corrected chi connectivity index (χ0v) is 15.7. The second-order valence-corrected chi connectivity index (χ2v) is 7.12. The fourth-order valence-electron chi connectivity index (χ4n) is 3.53. The van der Waals surface area contributed by atoms with E-state index < -0.39 is 0 Å². The molecule has 1 fully saturated rings. The zero-order valence-electron chi connectivity index (χ0n) is 15.7. The van der Waals surface area contributed by atoms with Crippen LogP contribution in [0.2, 0.25) is 0 Å². The molecule has 0 bridgehead atoms. The lowest BCUT2D eigenvalue weighted by Crippen LogP contribution is -2.24. The Bertz CT molecular complexity index is 946. The average Bonchev–Trinajstić information content (AvgIpc) is 3.30. The number of hydrogen-bond donors (Lipinski definition) is 0. The van der Waals surface area contributed by atoms with Crippen molar-refractivity contribution in [2.75, 3.05) is 6.54 Å². The predicted octanol–water partition coefficient (Wildman–Crippen LogP) is 4.12. The van der Waals surface area contributed by atoms with Crippen LogP contribution in [0.3, 0.4) is 0 Å². The normalized spacial score (nSPS) is 16.9. The maximum atomic E-state index is 12.5. The smallest absolute Gasteiger partial charge is 0.232 e. The number of benzene rings is 2. The molecule has 1 amide bonds. The molecule has 1 atom stereocenters. The van der Waals surface area contributed by atoms with Gasteiger partial charge in [-0.2, -0.15) is 4.98 Å². The minimum absolute atomic E-state index is 0.0438. The van der Waals surface area contributed by atoms with E-state index in [0.29, 0.717) is 31.2 Å². The van der Waals surface area contributed by atoms with Gasteiger partial charge >= 0.3 is 0 Å². The van der Waals surface area contributed by atoms with Gasteiger partial charge in [0.2, 0.25) is 17.6 Å². The van der Waals surface area contributed by atoms with Crippen molar-refractivity contribution in [2.45, 2.75) is 39.2 Å². The van der Waals surface area contributed by atoms with E-state index in [1.165, 1.54) is 5.56 Å². The van der Waals surface area contributed by atoms with Crippen molar-refractivity contribution in [3.05, 3.63) is 71.1 Å². The van der Waals surface area contributed by atoms with Gasteiger partial charge in [-0.05, 0) is 30.0 Å². The molecule has 138 valence electrons. The number of carbonyl (C=O) groups is 1. The molecule has 0 N–H and O–H groups in total. The molecule has 1 unspecified atom stereocenters. The quantitative estimate of drug-likeness (QED) is 0.686. The number of carbonyl (C=O) groups excluding carboxylic acids is 1. The molecule has 0 radical (unpaired) electrons. The Kier molecular flexibility index (Phi) is 4.75. The Morgan fingerprint density at radius 3 is 2.59 bits per heavy atom. The van der Waals surface area contributed by atoms with Crippen LogP contribution < -0.4 is 0 Å². The minimum atomic E-state index is -0.0438. The number of rotatable bonds is 5. The first-order valence-corrected chi connectivity index (χ1v) is 9.39. The van der Waals surface area contributed by atoms with Gasteiger partial charge in [0.1, 0.15) is 0 Å². The zero-order chi connectivity index (χ0) is 18.8. The highest BCUT2D eigenvalue weighted by molar-refractivity contribution is 5.79. The summed E-state index contributed by atoms with van der Waals surface area (Å²) in [7, 11) is 0. The van der Waals surface area contributed by atoms with Crippen molar-refractivity contribution < 1.29 is 9.32 Å². The third kappa shape index (κ3) is 3.63. The van der Waals surface area contributed by atoms with E-state index in [-0.39, 0.29) is 11.8 Å². The molecule has 5 heteroatoms. The molecule has 2 heterocycles. The molecule has 4 rings (SSSR count). The molecule has 5 nitrogen and oxygen atoms in total. The summed E-state index contributed by atoms with van der Waals surface area (Å²) in [6.07, 6.45) is 1.44. The van der Waals surface area contributed by atoms with Gasteiger partial charge in [0.05, 0.1) is 5.92 Å². The Hall–Kier alpha value is -2.95. The molecule has 0 spiro atoms. The highest BCUT2D eigenvalue weighted by Gasteiger charge is 2.34. The van der Waals surface area contributed by atoms with Crippen LogP contribution in [0, 0.1) is 6.92 Å². The van der Waals surface area contributed by atoms with E-state index in [1.54, 1.807) is 0 Å². The number of nitrogens with zero attached hydrogens (tertiary/aromatic N) is 3. The SMILES string of the molecule is CCc1ccc(CN2CC(c3nc(-c4ccccc4C)no3)CC2=O)cc1. The van der Waals surface area contributed by atoms with Crippen LogP contribution in [0.15, 0.2) is 53.1 Å². The number of aryl methyl sites for hydroxylation is 2. The van der Waals surface area contributed by atoms with Crippen LogP contribution in [0.25, 0.3) is 11.4 Å². The molecule has 27 heavy (non-hydrogen) atoms. The van der Waals surface area contributed by atoms with Gasteiger partial charge in [-0.3, -0.25) is 4.79 Å². The van der Waals surface area contributed by atoms with Crippen LogP contribution in [-0.4, -0.2) is 27.5 Å². The summed E-state index contributed by atoms with van der Waals surface area (Å²) in [5.41, 5.74) is 4.51. The van der Waals surface area contributed by atoms with Crippen LogP contribution in [0.5, 0.6) is 0 Å². The second kappa shape index (κ2) is 7.35. The average molecular weight is 361 g/mol. The van der Waals surface area contributed by atoms with E-state index in [9.17, 15) is 4.79 Å². The van der Waals surface area contributed by atoms with E-state index in [4.69, 9.17) is 4.52 Å². The standard InChI is InChI=1S/C22H23N3O2/c1-3-16-8-10-17(11-9-16)13-25-14-18(12-20(25)26)22-23-21(24-27-22)19-7-5-4-6-15(19)2/h4-11,18H,3,12-14H2,1-2H3. The topological polar surface area (TPSA) is 59.2 Å². The van der Waals surface area contributed by atoms with Gasteiger partial charge in [0.25, 0.3) is 0 Å². The minimum Gasteiger partial charge on any atom is -0.339 e. The van der Waals surface area contributed by atoms with Crippen molar-refractivity contribution in [1.29, 1.82) is 0 Å². The second-order valence-electron chi connectivity index (χ2n) is 7.12. The first-order chi connectivity index (χ1) is 13.1. The summed E-state index contributed by atoms with van der Waals surface area (Å²) in [5, 5.41) is 4.13. The Labute approximate surface area is 159 Å². The Balaban J connectivity index is 1.47. The fraction of sp³-hybridized carbons (Fsp3) is 0.318. The highest BCUT2D eigenvalue weighted by Crippen LogP contribution is 2.30. The summed E-state index contributed by atoms with van der Waals surface area (Å²) in [6.45, 7) is 5.40. The highest BCUT2D eigenvalue weighted by atomic mass is 16.5. The summed E-state index contributed by atoms with van der Waals surface area (Å²) >= 11 is 0. The molecule has 0 saturated carbocycles. The van der Waals surface area contributed by atoms with Gasteiger partial charge < -0.3 is 9.42 Å². The number of likely N-dealkylation sites (tertiary alicyclic amines) is 1. The summed E-state index contributed by atoms with van der Waals surface area (Å²) in [4.78, 5) is 18.9. The summed E-state index contributed by atoms with van der Waals surface area (Å²) in [5.74, 6) is 1.22. The van der Waals surface area contributed by atoms with Crippen molar-refractivity contribution in [1.82, 2.24) is 15.0 Å². The number of amides is 1. The summed E-state index contributed by atoms with van der Waals surface area (Å²) in [6, 6.07) is 16.4. The van der Waals surface area contributed by atoms with Crippen LogP contribution in [0.1, 0.15) is 41.8 Å².